The molecule has 584 valence electrons. The van der Waals surface area contributed by atoms with Crippen LogP contribution in [0.25, 0.3) is 22.3 Å². The Kier molecular flexibility index (Phi) is 27.0. The second-order valence-corrected chi connectivity index (χ2v) is 30.4. The number of esters is 8. The second-order valence-electron chi connectivity index (χ2n) is 25.6. The summed E-state index contributed by atoms with van der Waals surface area (Å²) in [6.07, 6.45) is 0. The first-order chi connectivity index (χ1) is 55.9. The Morgan fingerprint density at radius 2 is 0.448 bits per heavy atom. The van der Waals surface area contributed by atoms with E-state index in [9.17, 15) is 38.4 Å². The van der Waals surface area contributed by atoms with Gasteiger partial charge in [-0.3, -0.25) is 0 Å². The minimum atomic E-state index is -1.70. The van der Waals surface area contributed by atoms with Crippen molar-refractivity contribution in [1.29, 1.82) is 0 Å². The number of hydrogen-bond donors (Lipinski definition) is 0. The van der Waals surface area contributed by atoms with E-state index in [2.05, 4.69) is 0 Å². The lowest BCUT2D eigenvalue weighted by atomic mass is 9.92. The first-order valence-electron chi connectivity index (χ1n) is 34.7. The number of carbonyl (C=O) groups is 8. The lowest BCUT2D eigenvalue weighted by Gasteiger charge is -2.20. The van der Waals surface area contributed by atoms with Crippen LogP contribution in [0.15, 0.2) is 243 Å². The molecule has 12 aromatic rings. The van der Waals surface area contributed by atoms with Gasteiger partial charge in [0.15, 0.2) is 23.0 Å². The summed E-state index contributed by atoms with van der Waals surface area (Å²) in [5, 5.41) is -3.56. The van der Waals surface area contributed by atoms with Gasteiger partial charge in [0.05, 0.1) is 60.3 Å². The third-order valence-corrected chi connectivity index (χ3v) is 23.0. The van der Waals surface area contributed by atoms with Crippen LogP contribution in [-0.2, 0) is 38.1 Å². The van der Waals surface area contributed by atoms with Crippen LogP contribution in [0.1, 0.15) is 110 Å². The Balaban J connectivity index is 0.000000202. The molecular weight excluding hydrogens is 1740 g/mol. The van der Waals surface area contributed by atoms with Gasteiger partial charge < -0.3 is 37.9 Å². The van der Waals surface area contributed by atoms with Crippen LogP contribution >= 0.6 is 139 Å². The summed E-state index contributed by atoms with van der Waals surface area (Å²) < 4.78 is 44.1. The lowest BCUT2D eigenvalue weighted by molar-refractivity contribution is -0.156. The molecule has 0 N–H and O–H groups in total. The van der Waals surface area contributed by atoms with Gasteiger partial charge in [0, 0.05) is 23.7 Å². The number of rotatable bonds is 20. The molecule has 0 bridgehead atoms. The molecule has 2 aliphatic carbocycles. The van der Waals surface area contributed by atoms with Gasteiger partial charge >= 0.3 is 47.8 Å². The van der Waals surface area contributed by atoms with Crippen molar-refractivity contribution in [3.8, 4) is 45.3 Å². The van der Waals surface area contributed by atoms with Crippen LogP contribution in [0.5, 0.6) is 23.0 Å². The first-order valence-corrected chi connectivity index (χ1v) is 39.2. The zero-order valence-corrected chi connectivity index (χ0v) is 68.4. The van der Waals surface area contributed by atoms with Crippen molar-refractivity contribution in [1.82, 2.24) is 0 Å². The van der Waals surface area contributed by atoms with Gasteiger partial charge in [-0.15, -0.1) is 0 Å². The highest BCUT2D eigenvalue weighted by Crippen LogP contribution is 2.50. The maximum absolute atomic E-state index is 13.7. The summed E-state index contributed by atoms with van der Waals surface area (Å²) in [6, 6.07) is 72.6. The molecule has 12 aromatic carbocycles. The standard InChI is InChI=1S/C44H24Cl6O8.C44H28Cl6O8/c45-31-17-33(47)39(35(37(31)49)41(51)55-19-29-25-13-5-1-9-21(25)22-10-2-6-14-26(22)29)57-43(53)44(54)58-40-34(48)18-32(46)38(50)36(40)42(52)56-20-30-27-15-7-3-11-23(27)24-12-4-8-16-28(24)30;45-31-21-33(47)39(35(37(31)49)41(51)55-23-29(25-13-5-1-6-14-25)26-15-7-2-8-16-26)57-43(53)44(54)58-40-34(48)22-32(46)38(50)36(40)42(52)56-24-30(27-17-9-3-10-18-27)28-19-11-4-12-20-28/h1-18,29-30H,19-20H2;1-22,29-30H,23-24H2. The fourth-order valence-corrected chi connectivity index (χ4v) is 16.2. The molecule has 0 radical (unpaired) electrons. The highest BCUT2D eigenvalue weighted by molar-refractivity contribution is 6.49. The summed E-state index contributed by atoms with van der Waals surface area (Å²) in [6.45, 7) is -0.599. The van der Waals surface area contributed by atoms with Crippen molar-refractivity contribution in [3.05, 3.63) is 370 Å². The van der Waals surface area contributed by atoms with Gasteiger partial charge in [-0.1, -0.05) is 358 Å². The molecule has 0 fully saturated rings. The Morgan fingerprint density at radius 3 is 0.672 bits per heavy atom. The molecule has 16 nitrogen and oxygen atoms in total. The van der Waals surface area contributed by atoms with Crippen LogP contribution in [-0.4, -0.2) is 74.2 Å². The lowest BCUT2D eigenvalue weighted by Crippen LogP contribution is -2.27. The fourth-order valence-electron chi connectivity index (χ4n) is 13.3. The van der Waals surface area contributed by atoms with Crippen LogP contribution in [0.3, 0.4) is 0 Å². The molecular formula is C88H52Cl12O16. The Bertz CT molecular complexity index is 5170. The molecule has 0 saturated carbocycles. The molecule has 0 amide bonds. The predicted molar refractivity (Wildman–Crippen MR) is 446 cm³/mol. The highest BCUT2D eigenvalue weighted by Gasteiger charge is 2.38. The molecule has 0 aromatic heterocycles. The third-order valence-electron chi connectivity index (χ3n) is 18.7. The molecule has 14 rings (SSSR count). The normalized spacial score (nSPS) is 11.8. The molecule has 116 heavy (non-hydrogen) atoms. The highest BCUT2D eigenvalue weighted by atomic mass is 35.5. The van der Waals surface area contributed by atoms with E-state index in [1.54, 1.807) is 0 Å². The summed E-state index contributed by atoms with van der Waals surface area (Å²) >= 11 is 76.5. The first kappa shape index (κ1) is 83.8. The topological polar surface area (TPSA) is 210 Å². The second kappa shape index (κ2) is 37.4. The molecule has 0 unspecified atom stereocenters. The number of ether oxygens (including phenoxy) is 8. The minimum Gasteiger partial charge on any atom is -0.461 e. The number of fused-ring (bicyclic) bond motifs is 6. The van der Waals surface area contributed by atoms with Crippen molar-refractivity contribution >= 4 is 187 Å². The van der Waals surface area contributed by atoms with Crippen LogP contribution < -0.4 is 18.9 Å². The van der Waals surface area contributed by atoms with E-state index in [1.807, 2.05) is 218 Å². The predicted octanol–water partition coefficient (Wildman–Crippen LogP) is 24.2. The van der Waals surface area contributed by atoms with Crippen molar-refractivity contribution in [3.63, 3.8) is 0 Å². The molecule has 28 heteroatoms. The Morgan fingerprint density at radius 1 is 0.250 bits per heavy atom. The summed E-state index contributed by atoms with van der Waals surface area (Å²) in [4.78, 5) is 108. The summed E-state index contributed by atoms with van der Waals surface area (Å²) in [5.74, 6) is -15.0. The average Bonchev–Trinajstić information content (AvgIpc) is 1.41. The van der Waals surface area contributed by atoms with Crippen LogP contribution in [0.2, 0.25) is 60.3 Å². The third kappa shape index (κ3) is 18.2. The quantitative estimate of drug-likeness (QED) is 0.0228. The largest absolute Gasteiger partial charge is 0.461 e. The zero-order chi connectivity index (χ0) is 82.2. The van der Waals surface area contributed by atoms with E-state index >= 15 is 0 Å². The van der Waals surface area contributed by atoms with E-state index in [0.717, 1.165) is 91.0 Å². The number of carbonyl (C=O) groups excluding carboxylic acids is 8. The minimum absolute atomic E-state index is 0.128. The van der Waals surface area contributed by atoms with Crippen molar-refractivity contribution in [2.75, 3.05) is 26.4 Å². The fraction of sp³-hybridized carbons (Fsp3) is 0.0909. The number of hydrogen-bond acceptors (Lipinski definition) is 16. The summed E-state index contributed by atoms with van der Waals surface area (Å²) in [5.41, 5.74) is 9.05. The summed E-state index contributed by atoms with van der Waals surface area (Å²) in [7, 11) is 0. The Hall–Kier alpha value is -10.1. The molecule has 0 saturated heterocycles. The molecule has 0 aliphatic heterocycles. The van der Waals surface area contributed by atoms with Crippen LogP contribution in [0, 0.1) is 0 Å². The van der Waals surface area contributed by atoms with Crippen molar-refractivity contribution < 1.29 is 76.3 Å². The smallest absolute Gasteiger partial charge is 0.423 e. The van der Waals surface area contributed by atoms with Crippen molar-refractivity contribution in [2.24, 2.45) is 0 Å². The number of benzene rings is 12. The maximum Gasteiger partial charge on any atom is 0.423 e. The van der Waals surface area contributed by atoms with Crippen molar-refractivity contribution in [2.45, 2.75) is 23.7 Å². The van der Waals surface area contributed by atoms with E-state index in [-0.39, 0.29) is 98.5 Å². The van der Waals surface area contributed by atoms with Gasteiger partial charge in [0.1, 0.15) is 48.7 Å². The molecule has 0 heterocycles. The van der Waals surface area contributed by atoms with Gasteiger partial charge in [-0.05, 0) is 91.0 Å². The zero-order valence-electron chi connectivity index (χ0n) is 59.3. The van der Waals surface area contributed by atoms with Gasteiger partial charge in [0.25, 0.3) is 0 Å². The maximum atomic E-state index is 13.7. The van der Waals surface area contributed by atoms with E-state index < -0.39 is 105 Å². The van der Waals surface area contributed by atoms with E-state index in [0.29, 0.717) is 0 Å². The molecule has 0 spiro atoms. The molecule has 0 atom stereocenters. The van der Waals surface area contributed by atoms with Gasteiger partial charge in [-0.2, -0.15) is 0 Å². The van der Waals surface area contributed by atoms with E-state index in [4.69, 9.17) is 177 Å². The SMILES string of the molecule is O=C(Oc1c(Cl)cc(Cl)c(Cl)c1C(=O)OCC(c1ccccc1)c1ccccc1)C(=O)Oc1c(Cl)cc(Cl)c(Cl)c1C(=O)OCC(c1ccccc1)c1ccccc1.O=C(Oc1c(Cl)cc(Cl)c(Cl)c1C(=O)OCC1c2ccccc2-c2ccccc21)C(=O)Oc1c(Cl)cc(Cl)c(Cl)c1C(=O)OCC1c2ccccc2-c2ccccc21. The molecule has 2 aliphatic rings. The monoisotopic (exact) mass is 1780 g/mol. The van der Waals surface area contributed by atoms with Gasteiger partial charge in [-0.25, -0.2) is 38.4 Å². The van der Waals surface area contributed by atoms with Crippen LogP contribution in [0.4, 0.5) is 0 Å². The van der Waals surface area contributed by atoms with Gasteiger partial charge in [0.2, 0.25) is 0 Å². The Labute approximate surface area is 722 Å². The average molecular weight is 1790 g/mol. The number of halogens is 12. The van der Waals surface area contributed by atoms with E-state index in [1.165, 1.54) is 0 Å².